The smallest absolute Gasteiger partial charge is 0.406 e. The predicted molar refractivity (Wildman–Crippen MR) is 107 cm³/mol. The van der Waals surface area contributed by atoms with Crippen molar-refractivity contribution in [3.63, 3.8) is 0 Å². The van der Waals surface area contributed by atoms with E-state index in [1.807, 2.05) is 4.57 Å². The fourth-order valence-electron chi connectivity index (χ4n) is 3.48. The van der Waals surface area contributed by atoms with Crippen LogP contribution in [0, 0.1) is 0 Å². The summed E-state index contributed by atoms with van der Waals surface area (Å²) >= 11 is 0. The lowest BCUT2D eigenvalue weighted by atomic mass is 10.1. The molecule has 4 rings (SSSR count). The van der Waals surface area contributed by atoms with Gasteiger partial charge < -0.3 is 9.30 Å². The molecule has 2 aromatic carbocycles. The molecule has 0 unspecified atom stereocenters. The largest absolute Gasteiger partial charge is 0.573 e. The third kappa shape index (κ3) is 4.82. The highest BCUT2D eigenvalue weighted by Gasteiger charge is 2.31. The van der Waals surface area contributed by atoms with Gasteiger partial charge in [0, 0.05) is 18.5 Å². The second kappa shape index (κ2) is 8.22. The highest BCUT2D eigenvalue weighted by atomic mass is 32.2. The Morgan fingerprint density at radius 2 is 1.71 bits per heavy atom. The van der Waals surface area contributed by atoms with Crippen LogP contribution >= 0.6 is 0 Å². The molecule has 164 valence electrons. The zero-order valence-electron chi connectivity index (χ0n) is 16.3. The maximum atomic E-state index is 12.8. The second-order valence-electron chi connectivity index (χ2n) is 7.07. The zero-order chi connectivity index (χ0) is 22.1. The summed E-state index contributed by atoms with van der Waals surface area (Å²) in [7, 11) is -4.06. The first-order chi connectivity index (χ1) is 14.7. The molecule has 11 heteroatoms. The average molecular weight is 452 g/mol. The number of hydrogen-bond acceptors (Lipinski definition) is 5. The van der Waals surface area contributed by atoms with Crippen LogP contribution in [0.1, 0.15) is 25.1 Å². The standard InChI is InChI=1S/C20H19F3N4O3S/c21-20(22,23)30-14-9-11-15(12-10-14)31(28,29)26-17-7-4-3-6-16(17)19-25-24-18-8-2-1-5-13-27(18)19/h3-4,6-7,9-12,26H,1-2,5,8,13H2. The third-order valence-electron chi connectivity index (χ3n) is 4.89. The molecule has 3 aromatic rings. The van der Waals surface area contributed by atoms with Crippen molar-refractivity contribution in [3.05, 3.63) is 54.4 Å². The average Bonchev–Trinajstić information content (AvgIpc) is 2.95. The van der Waals surface area contributed by atoms with Crippen molar-refractivity contribution >= 4 is 15.7 Å². The molecular weight excluding hydrogens is 433 g/mol. The Hall–Kier alpha value is -3.08. The molecule has 0 fully saturated rings. The summed E-state index contributed by atoms with van der Waals surface area (Å²) in [6.07, 6.45) is -0.940. The molecule has 0 aliphatic carbocycles. The van der Waals surface area contributed by atoms with Crippen molar-refractivity contribution < 1.29 is 26.3 Å². The van der Waals surface area contributed by atoms with Crippen molar-refractivity contribution in [2.45, 2.75) is 43.5 Å². The topological polar surface area (TPSA) is 86.1 Å². The van der Waals surface area contributed by atoms with Gasteiger partial charge in [0.1, 0.15) is 11.6 Å². The molecular formula is C20H19F3N4O3S. The van der Waals surface area contributed by atoms with E-state index in [1.54, 1.807) is 24.3 Å². The summed E-state index contributed by atoms with van der Waals surface area (Å²) in [4.78, 5) is -0.197. The number of sulfonamides is 1. The van der Waals surface area contributed by atoms with Gasteiger partial charge in [-0.3, -0.25) is 4.72 Å². The summed E-state index contributed by atoms with van der Waals surface area (Å²) < 4.78 is 71.0. The number of anilines is 1. The van der Waals surface area contributed by atoms with Crippen LogP contribution in [-0.2, 0) is 23.0 Å². The van der Waals surface area contributed by atoms with Crippen molar-refractivity contribution in [1.29, 1.82) is 0 Å². The number of hydrogen-bond donors (Lipinski definition) is 1. The van der Waals surface area contributed by atoms with Crippen LogP contribution in [0.25, 0.3) is 11.4 Å². The molecule has 2 heterocycles. The van der Waals surface area contributed by atoms with E-state index in [9.17, 15) is 21.6 Å². The summed E-state index contributed by atoms with van der Waals surface area (Å²) in [5, 5.41) is 8.53. The van der Waals surface area contributed by atoms with Gasteiger partial charge in [-0.2, -0.15) is 0 Å². The van der Waals surface area contributed by atoms with Crippen molar-refractivity contribution in [2.24, 2.45) is 0 Å². The quantitative estimate of drug-likeness (QED) is 0.621. The number of benzene rings is 2. The molecule has 1 N–H and O–H groups in total. The van der Waals surface area contributed by atoms with E-state index in [-0.39, 0.29) is 4.90 Å². The van der Waals surface area contributed by atoms with Gasteiger partial charge in [-0.05, 0) is 49.2 Å². The summed E-state index contributed by atoms with van der Waals surface area (Å²) in [5.41, 5.74) is 0.876. The Morgan fingerprint density at radius 1 is 0.968 bits per heavy atom. The van der Waals surface area contributed by atoms with Crippen LogP contribution in [0.5, 0.6) is 5.75 Å². The number of halogens is 3. The monoisotopic (exact) mass is 452 g/mol. The number of alkyl halides is 3. The predicted octanol–water partition coefficient (Wildman–Crippen LogP) is 4.37. The molecule has 0 saturated heterocycles. The molecule has 1 aliphatic heterocycles. The molecule has 0 spiro atoms. The maximum absolute atomic E-state index is 12.8. The SMILES string of the molecule is O=S(=O)(Nc1ccccc1-c1nnc2n1CCCCC2)c1ccc(OC(F)(F)F)cc1. The zero-order valence-corrected chi connectivity index (χ0v) is 17.1. The molecule has 0 saturated carbocycles. The summed E-state index contributed by atoms with van der Waals surface area (Å²) in [5.74, 6) is 0.938. The molecule has 7 nitrogen and oxygen atoms in total. The van der Waals surface area contributed by atoms with Gasteiger partial charge in [0.2, 0.25) is 0 Å². The highest BCUT2D eigenvalue weighted by molar-refractivity contribution is 7.92. The molecule has 0 bridgehead atoms. The van der Waals surface area contributed by atoms with Crippen LogP contribution in [-0.4, -0.2) is 29.5 Å². The number of aromatic nitrogens is 3. The minimum atomic E-state index is -4.85. The minimum Gasteiger partial charge on any atom is -0.406 e. The van der Waals surface area contributed by atoms with Gasteiger partial charge in [-0.15, -0.1) is 23.4 Å². The normalized spacial score (nSPS) is 14.5. The van der Waals surface area contributed by atoms with E-state index >= 15 is 0 Å². The number of nitrogens with one attached hydrogen (secondary N) is 1. The van der Waals surface area contributed by atoms with E-state index in [0.717, 1.165) is 62.3 Å². The number of ether oxygens (including phenoxy) is 1. The van der Waals surface area contributed by atoms with E-state index in [4.69, 9.17) is 0 Å². The summed E-state index contributed by atoms with van der Waals surface area (Å²) in [6.45, 7) is 0.749. The van der Waals surface area contributed by atoms with E-state index in [1.165, 1.54) is 0 Å². The number of para-hydroxylation sites is 1. The lowest BCUT2D eigenvalue weighted by molar-refractivity contribution is -0.274. The van der Waals surface area contributed by atoms with Crippen molar-refractivity contribution in [1.82, 2.24) is 14.8 Å². The van der Waals surface area contributed by atoms with Crippen LogP contribution in [0.2, 0.25) is 0 Å². The lowest BCUT2D eigenvalue weighted by Crippen LogP contribution is -2.17. The van der Waals surface area contributed by atoms with Gasteiger partial charge in [-0.1, -0.05) is 18.6 Å². The first-order valence-corrected chi connectivity index (χ1v) is 11.1. The van der Waals surface area contributed by atoms with E-state index in [0.29, 0.717) is 17.1 Å². The Kier molecular flexibility index (Phi) is 5.61. The summed E-state index contributed by atoms with van der Waals surface area (Å²) in [6, 6.07) is 10.8. The Labute approximate surface area is 176 Å². The third-order valence-corrected chi connectivity index (χ3v) is 6.27. The van der Waals surface area contributed by atoms with Gasteiger partial charge in [0.05, 0.1) is 10.6 Å². The van der Waals surface area contributed by atoms with E-state index < -0.39 is 22.1 Å². The fraction of sp³-hybridized carbons (Fsp3) is 0.300. The van der Waals surface area contributed by atoms with Crippen molar-refractivity contribution in [3.8, 4) is 17.1 Å². The molecule has 0 radical (unpaired) electrons. The number of nitrogens with zero attached hydrogens (tertiary/aromatic N) is 3. The minimum absolute atomic E-state index is 0.197. The van der Waals surface area contributed by atoms with Crippen molar-refractivity contribution in [2.75, 3.05) is 4.72 Å². The Balaban J connectivity index is 1.63. The molecule has 0 atom stereocenters. The van der Waals surface area contributed by atoms with Crippen LogP contribution in [0.15, 0.2) is 53.4 Å². The van der Waals surface area contributed by atoms with Gasteiger partial charge in [0.15, 0.2) is 5.82 Å². The number of rotatable bonds is 5. The molecule has 1 aromatic heterocycles. The Bertz CT molecular complexity index is 1180. The lowest BCUT2D eigenvalue weighted by Gasteiger charge is -2.14. The second-order valence-corrected chi connectivity index (χ2v) is 8.75. The van der Waals surface area contributed by atoms with Gasteiger partial charge in [0.25, 0.3) is 10.0 Å². The Morgan fingerprint density at radius 3 is 2.45 bits per heavy atom. The van der Waals surface area contributed by atoms with Crippen LogP contribution in [0.3, 0.4) is 0 Å². The van der Waals surface area contributed by atoms with Crippen LogP contribution in [0.4, 0.5) is 18.9 Å². The van der Waals surface area contributed by atoms with E-state index in [2.05, 4.69) is 19.7 Å². The molecule has 31 heavy (non-hydrogen) atoms. The first kappa shape index (κ1) is 21.2. The number of aryl methyl sites for hydroxylation is 1. The highest BCUT2D eigenvalue weighted by Crippen LogP contribution is 2.31. The maximum Gasteiger partial charge on any atom is 0.573 e. The van der Waals surface area contributed by atoms with Gasteiger partial charge in [-0.25, -0.2) is 8.42 Å². The molecule has 1 aliphatic rings. The molecule has 0 amide bonds. The van der Waals surface area contributed by atoms with Crippen LogP contribution < -0.4 is 9.46 Å². The first-order valence-electron chi connectivity index (χ1n) is 9.63. The van der Waals surface area contributed by atoms with Gasteiger partial charge >= 0.3 is 6.36 Å². The fourth-order valence-corrected chi connectivity index (χ4v) is 4.56. The number of fused-ring (bicyclic) bond motifs is 1.